The van der Waals surface area contributed by atoms with Crippen molar-refractivity contribution in [3.05, 3.63) is 57.8 Å². The van der Waals surface area contributed by atoms with E-state index in [0.717, 1.165) is 18.4 Å². The first-order valence-corrected chi connectivity index (χ1v) is 9.66. The zero-order valence-electron chi connectivity index (χ0n) is 14.8. The van der Waals surface area contributed by atoms with Gasteiger partial charge >= 0.3 is 0 Å². The highest BCUT2D eigenvalue weighted by Crippen LogP contribution is 2.37. The van der Waals surface area contributed by atoms with Gasteiger partial charge in [0.15, 0.2) is 0 Å². The summed E-state index contributed by atoms with van der Waals surface area (Å²) >= 11 is 1.76. The molecule has 0 bridgehead atoms. The van der Waals surface area contributed by atoms with Crippen LogP contribution in [0.3, 0.4) is 0 Å². The highest BCUT2D eigenvalue weighted by atomic mass is 32.1. The molecule has 0 radical (unpaired) electrons. The molecular formula is C20H24N2O2S. The molecule has 3 rings (SSSR count). The van der Waals surface area contributed by atoms with Gasteiger partial charge in [-0.2, -0.15) is 0 Å². The predicted molar refractivity (Wildman–Crippen MR) is 101 cm³/mol. The van der Waals surface area contributed by atoms with E-state index in [0.29, 0.717) is 13.1 Å². The van der Waals surface area contributed by atoms with Crippen molar-refractivity contribution in [3.8, 4) is 0 Å². The molecule has 132 valence electrons. The number of amides is 2. The number of rotatable bonds is 5. The molecule has 25 heavy (non-hydrogen) atoms. The van der Waals surface area contributed by atoms with Crippen molar-refractivity contribution in [3.63, 3.8) is 0 Å². The van der Waals surface area contributed by atoms with E-state index in [9.17, 15) is 9.59 Å². The Bertz CT molecular complexity index is 741. The summed E-state index contributed by atoms with van der Waals surface area (Å²) in [5.74, 6) is -0.0194. The summed E-state index contributed by atoms with van der Waals surface area (Å²) in [7, 11) is 0. The minimum Gasteiger partial charge on any atom is -0.334 e. The van der Waals surface area contributed by atoms with Crippen LogP contribution in [-0.2, 0) is 16.0 Å². The van der Waals surface area contributed by atoms with Crippen LogP contribution in [0.5, 0.6) is 0 Å². The van der Waals surface area contributed by atoms with Crippen LogP contribution in [0.2, 0.25) is 0 Å². The first-order valence-electron chi connectivity index (χ1n) is 8.78. The van der Waals surface area contributed by atoms with Crippen LogP contribution >= 0.6 is 11.3 Å². The molecule has 0 saturated carbocycles. The summed E-state index contributed by atoms with van der Waals surface area (Å²) in [5.41, 5.74) is 2.35. The highest BCUT2D eigenvalue weighted by molar-refractivity contribution is 7.10. The predicted octanol–water partition coefficient (Wildman–Crippen LogP) is 3.48. The molecule has 0 spiro atoms. The van der Waals surface area contributed by atoms with Crippen molar-refractivity contribution in [1.82, 2.24) is 9.80 Å². The first-order chi connectivity index (χ1) is 12.1. The minimum atomic E-state index is -0.0564. The van der Waals surface area contributed by atoms with Crippen LogP contribution in [0.25, 0.3) is 0 Å². The number of carbonyl (C=O) groups excluding carboxylic acids is 2. The van der Waals surface area contributed by atoms with Gasteiger partial charge in [0.1, 0.15) is 0 Å². The van der Waals surface area contributed by atoms with E-state index in [1.165, 1.54) is 17.4 Å². The Hall–Kier alpha value is -2.14. The van der Waals surface area contributed by atoms with Gasteiger partial charge in [-0.1, -0.05) is 37.3 Å². The summed E-state index contributed by atoms with van der Waals surface area (Å²) in [6.07, 6.45) is 1.74. The molecule has 0 saturated heterocycles. The van der Waals surface area contributed by atoms with E-state index < -0.39 is 0 Å². The summed E-state index contributed by atoms with van der Waals surface area (Å²) in [4.78, 5) is 29.8. The molecule has 0 unspecified atom stereocenters. The fraction of sp³-hybridized carbons (Fsp3) is 0.400. The van der Waals surface area contributed by atoms with Crippen molar-refractivity contribution < 1.29 is 9.59 Å². The Morgan fingerprint density at radius 2 is 2.00 bits per heavy atom. The Morgan fingerprint density at radius 1 is 1.24 bits per heavy atom. The van der Waals surface area contributed by atoms with Crippen LogP contribution in [0.1, 0.15) is 42.3 Å². The molecule has 0 N–H and O–H groups in total. The fourth-order valence-corrected chi connectivity index (χ4v) is 4.36. The Kier molecular flexibility index (Phi) is 5.53. The van der Waals surface area contributed by atoms with Gasteiger partial charge in [0.05, 0.1) is 12.6 Å². The Labute approximate surface area is 153 Å². The lowest BCUT2D eigenvalue weighted by Crippen LogP contribution is -2.46. The van der Waals surface area contributed by atoms with E-state index in [1.807, 2.05) is 30.0 Å². The maximum absolute atomic E-state index is 13.0. The van der Waals surface area contributed by atoms with E-state index in [-0.39, 0.29) is 24.4 Å². The van der Waals surface area contributed by atoms with E-state index in [1.54, 1.807) is 16.2 Å². The van der Waals surface area contributed by atoms with Gasteiger partial charge < -0.3 is 9.80 Å². The van der Waals surface area contributed by atoms with Gasteiger partial charge in [0.25, 0.3) is 0 Å². The largest absolute Gasteiger partial charge is 0.334 e. The molecule has 1 aromatic carbocycles. The van der Waals surface area contributed by atoms with Gasteiger partial charge in [0.2, 0.25) is 11.8 Å². The number of thiophene rings is 1. The molecule has 4 nitrogen and oxygen atoms in total. The lowest BCUT2D eigenvalue weighted by atomic mass is 9.93. The number of benzene rings is 1. The maximum atomic E-state index is 13.0. The van der Waals surface area contributed by atoms with Crippen molar-refractivity contribution in [2.45, 2.75) is 32.7 Å². The van der Waals surface area contributed by atoms with E-state index in [2.05, 4.69) is 23.6 Å². The normalized spacial score (nSPS) is 16.4. The molecule has 1 aliphatic rings. The van der Waals surface area contributed by atoms with Crippen molar-refractivity contribution in [2.24, 2.45) is 0 Å². The average Bonchev–Trinajstić information content (AvgIpc) is 3.09. The lowest BCUT2D eigenvalue weighted by Gasteiger charge is -2.37. The molecule has 0 aliphatic carbocycles. The third-order valence-electron chi connectivity index (χ3n) is 4.67. The zero-order valence-corrected chi connectivity index (χ0v) is 15.6. The van der Waals surface area contributed by atoms with Crippen molar-refractivity contribution in [2.75, 3.05) is 19.6 Å². The van der Waals surface area contributed by atoms with E-state index >= 15 is 0 Å². The minimum absolute atomic E-state index is 0.0225. The second-order valence-electron chi connectivity index (χ2n) is 6.39. The topological polar surface area (TPSA) is 40.6 Å². The summed E-state index contributed by atoms with van der Waals surface area (Å²) in [6, 6.07) is 12.2. The fourth-order valence-electron chi connectivity index (χ4n) is 3.45. The molecule has 5 heteroatoms. The number of hydrogen-bond acceptors (Lipinski definition) is 3. The van der Waals surface area contributed by atoms with Gasteiger partial charge in [-0.3, -0.25) is 9.59 Å². The lowest BCUT2D eigenvalue weighted by molar-refractivity contribution is -0.140. The second-order valence-corrected chi connectivity index (χ2v) is 7.39. The molecule has 0 fully saturated rings. The highest BCUT2D eigenvalue weighted by Gasteiger charge is 2.33. The Balaban J connectivity index is 1.89. The van der Waals surface area contributed by atoms with Gasteiger partial charge in [-0.25, -0.2) is 0 Å². The van der Waals surface area contributed by atoms with E-state index in [4.69, 9.17) is 0 Å². The van der Waals surface area contributed by atoms with Gasteiger partial charge in [0, 0.05) is 24.9 Å². The summed E-state index contributed by atoms with van der Waals surface area (Å²) in [6.45, 7) is 5.03. The standard InChI is InChI=1S/C20H24N2O2S/c1-3-11-21(15(2)23)14-19(24)22-12-9-18-17(10-13-25-18)20(22)16-7-5-4-6-8-16/h4-8,10,13,20H,3,9,11-12,14H2,1-2H3/t20-/m1/s1. The third-order valence-corrected chi connectivity index (χ3v) is 5.66. The van der Waals surface area contributed by atoms with Crippen LogP contribution in [0.4, 0.5) is 0 Å². The molecule has 2 heterocycles. The monoisotopic (exact) mass is 356 g/mol. The third kappa shape index (κ3) is 3.76. The van der Waals surface area contributed by atoms with Gasteiger partial charge in [-0.15, -0.1) is 11.3 Å². The smallest absolute Gasteiger partial charge is 0.242 e. The SMILES string of the molecule is CCCN(CC(=O)N1CCc2sccc2[C@H]1c1ccccc1)C(C)=O. The zero-order chi connectivity index (χ0) is 17.8. The summed E-state index contributed by atoms with van der Waals surface area (Å²) < 4.78 is 0. The van der Waals surface area contributed by atoms with Crippen LogP contribution in [-0.4, -0.2) is 41.2 Å². The molecule has 1 aliphatic heterocycles. The van der Waals surface area contributed by atoms with Crippen LogP contribution in [0.15, 0.2) is 41.8 Å². The number of nitrogens with zero attached hydrogens (tertiary/aromatic N) is 2. The van der Waals surface area contributed by atoms with Crippen molar-refractivity contribution in [1.29, 1.82) is 0 Å². The molecule has 2 aromatic rings. The Morgan fingerprint density at radius 3 is 2.68 bits per heavy atom. The number of carbonyl (C=O) groups is 2. The average molecular weight is 356 g/mol. The van der Waals surface area contributed by atoms with Crippen LogP contribution < -0.4 is 0 Å². The number of fused-ring (bicyclic) bond motifs is 1. The summed E-state index contributed by atoms with van der Waals surface area (Å²) in [5, 5.41) is 2.10. The van der Waals surface area contributed by atoms with Crippen molar-refractivity contribution >= 4 is 23.2 Å². The number of hydrogen-bond donors (Lipinski definition) is 0. The molecule has 2 amide bonds. The maximum Gasteiger partial charge on any atom is 0.242 e. The quantitative estimate of drug-likeness (QED) is 0.823. The van der Waals surface area contributed by atoms with Gasteiger partial charge in [-0.05, 0) is 35.4 Å². The van der Waals surface area contributed by atoms with Crippen LogP contribution in [0, 0.1) is 0 Å². The molecular weight excluding hydrogens is 332 g/mol. The molecule has 1 atom stereocenters. The first kappa shape index (κ1) is 17.7. The second kappa shape index (κ2) is 7.83. The molecule has 1 aromatic heterocycles.